The zero-order chi connectivity index (χ0) is 14.5. The van der Waals surface area contributed by atoms with Crippen LogP contribution in [-0.2, 0) is 10.0 Å². The van der Waals surface area contributed by atoms with E-state index in [1.165, 1.54) is 16.7 Å². The molecule has 0 fully saturated rings. The number of rotatable bonds is 7. The van der Waals surface area contributed by atoms with E-state index in [1.54, 1.807) is 7.05 Å². The van der Waals surface area contributed by atoms with Gasteiger partial charge in [-0.1, -0.05) is 13.8 Å². The fourth-order valence-electron chi connectivity index (χ4n) is 1.44. The molecule has 0 radical (unpaired) electrons. The Balaban J connectivity index is 2.90. The van der Waals surface area contributed by atoms with Crippen molar-refractivity contribution in [2.45, 2.75) is 44.6 Å². The molecule has 0 aliphatic heterocycles. The zero-order valence-corrected chi connectivity index (χ0v) is 12.7. The largest absolute Gasteiger partial charge is 0.354 e. The summed E-state index contributed by atoms with van der Waals surface area (Å²) in [6, 6.07) is -0.0529. The first-order chi connectivity index (χ1) is 8.93. The smallest absolute Gasteiger partial charge is 0.246 e. The molecule has 1 rings (SSSR count). The van der Waals surface area contributed by atoms with E-state index < -0.39 is 10.0 Å². The van der Waals surface area contributed by atoms with Crippen LogP contribution in [0.5, 0.6) is 0 Å². The molecule has 0 amide bonds. The van der Waals surface area contributed by atoms with Crippen LogP contribution in [-0.4, -0.2) is 42.3 Å². The van der Waals surface area contributed by atoms with E-state index in [0.29, 0.717) is 5.95 Å². The van der Waals surface area contributed by atoms with Crippen molar-refractivity contribution in [2.75, 3.05) is 18.9 Å². The van der Waals surface area contributed by atoms with Crippen LogP contribution in [0.4, 0.5) is 5.95 Å². The Morgan fingerprint density at radius 1 is 1.32 bits per heavy atom. The molecule has 1 heterocycles. The van der Waals surface area contributed by atoms with Crippen molar-refractivity contribution in [3.05, 3.63) is 12.4 Å². The Morgan fingerprint density at radius 3 is 2.37 bits per heavy atom. The van der Waals surface area contributed by atoms with Crippen molar-refractivity contribution >= 4 is 16.0 Å². The topological polar surface area (TPSA) is 75.2 Å². The molecule has 6 nitrogen and oxygen atoms in total. The van der Waals surface area contributed by atoms with Gasteiger partial charge in [0.05, 0.1) is 12.4 Å². The van der Waals surface area contributed by atoms with E-state index in [9.17, 15) is 8.42 Å². The number of aromatic nitrogens is 2. The third-order valence-electron chi connectivity index (χ3n) is 3.05. The molecule has 1 N–H and O–H groups in total. The minimum absolute atomic E-state index is 0.0529. The summed E-state index contributed by atoms with van der Waals surface area (Å²) in [6.45, 7) is 6.62. The summed E-state index contributed by atoms with van der Waals surface area (Å²) in [5.41, 5.74) is 0. The van der Waals surface area contributed by atoms with Crippen molar-refractivity contribution < 1.29 is 8.42 Å². The van der Waals surface area contributed by atoms with Crippen molar-refractivity contribution in [3.8, 4) is 0 Å². The predicted molar refractivity (Wildman–Crippen MR) is 75.5 cm³/mol. The summed E-state index contributed by atoms with van der Waals surface area (Å²) in [5, 5.41) is 3.01. The molecule has 0 saturated carbocycles. The summed E-state index contributed by atoms with van der Waals surface area (Å²) in [5.74, 6) is 0.451. The maximum Gasteiger partial charge on any atom is 0.246 e. The third kappa shape index (κ3) is 3.87. The molecule has 19 heavy (non-hydrogen) atoms. The predicted octanol–water partition coefficient (Wildman–Crippen LogP) is 1.72. The summed E-state index contributed by atoms with van der Waals surface area (Å²) in [6.07, 6.45) is 4.41. The van der Waals surface area contributed by atoms with Gasteiger partial charge in [0.2, 0.25) is 16.0 Å². The van der Waals surface area contributed by atoms with Crippen molar-refractivity contribution in [1.82, 2.24) is 14.3 Å². The molecular formula is C12H22N4O2S. The molecule has 0 aliphatic rings. The number of anilines is 1. The second-order valence-electron chi connectivity index (χ2n) is 4.45. The van der Waals surface area contributed by atoms with Crippen molar-refractivity contribution in [2.24, 2.45) is 0 Å². The number of nitrogens with zero attached hydrogens (tertiary/aromatic N) is 3. The lowest BCUT2D eigenvalue weighted by Crippen LogP contribution is -2.34. The number of hydrogen-bond acceptors (Lipinski definition) is 5. The summed E-state index contributed by atoms with van der Waals surface area (Å²) in [7, 11) is -1.93. The van der Waals surface area contributed by atoms with Gasteiger partial charge < -0.3 is 5.32 Å². The Bertz CT molecular complexity index is 487. The number of hydrogen-bond donors (Lipinski definition) is 1. The Hall–Kier alpha value is -1.21. The Kier molecular flexibility index (Phi) is 5.68. The molecule has 1 aromatic rings. The van der Waals surface area contributed by atoms with Gasteiger partial charge in [-0.05, 0) is 19.8 Å². The van der Waals surface area contributed by atoms with Crippen LogP contribution in [0.1, 0.15) is 33.6 Å². The summed E-state index contributed by atoms with van der Waals surface area (Å²) >= 11 is 0. The maximum absolute atomic E-state index is 12.3. The molecular weight excluding hydrogens is 264 g/mol. The van der Waals surface area contributed by atoms with E-state index in [2.05, 4.69) is 15.3 Å². The first-order valence-electron chi connectivity index (χ1n) is 6.47. The standard InChI is InChI=1S/C12H22N4O2S/c1-5-7-13-12-14-8-11(9-15-12)19(17,18)16(4)10(3)6-2/h8-10H,5-7H2,1-4H3,(H,13,14,15). The molecule has 7 heteroatoms. The second kappa shape index (κ2) is 6.81. The van der Waals surface area contributed by atoms with Gasteiger partial charge in [0.15, 0.2) is 0 Å². The number of nitrogens with one attached hydrogen (secondary N) is 1. The molecule has 0 spiro atoms. The molecule has 0 aliphatic carbocycles. The van der Waals surface area contributed by atoms with Crippen LogP contribution >= 0.6 is 0 Å². The lowest BCUT2D eigenvalue weighted by atomic mass is 10.3. The average Bonchev–Trinajstić information content (AvgIpc) is 2.43. The van der Waals surface area contributed by atoms with Gasteiger partial charge in [0, 0.05) is 19.6 Å². The van der Waals surface area contributed by atoms with E-state index >= 15 is 0 Å². The maximum atomic E-state index is 12.3. The van der Waals surface area contributed by atoms with Gasteiger partial charge in [0.1, 0.15) is 4.90 Å². The van der Waals surface area contributed by atoms with Gasteiger partial charge in [-0.3, -0.25) is 0 Å². The summed E-state index contributed by atoms with van der Waals surface area (Å²) in [4.78, 5) is 8.17. The van der Waals surface area contributed by atoms with Crippen LogP contribution in [0.2, 0.25) is 0 Å². The molecule has 1 aromatic heterocycles. The molecule has 0 aromatic carbocycles. The zero-order valence-electron chi connectivity index (χ0n) is 11.9. The molecule has 0 saturated heterocycles. The molecule has 1 unspecified atom stereocenters. The van der Waals surface area contributed by atoms with Gasteiger partial charge >= 0.3 is 0 Å². The highest BCUT2D eigenvalue weighted by Gasteiger charge is 2.25. The van der Waals surface area contributed by atoms with Gasteiger partial charge in [-0.15, -0.1) is 0 Å². The molecule has 1 atom stereocenters. The SMILES string of the molecule is CCCNc1ncc(S(=O)(=O)N(C)C(C)CC)cn1. The monoisotopic (exact) mass is 286 g/mol. The minimum atomic E-state index is -3.51. The first kappa shape index (κ1) is 15.8. The second-order valence-corrected chi connectivity index (χ2v) is 6.45. The van der Waals surface area contributed by atoms with Gasteiger partial charge in [0.25, 0.3) is 0 Å². The normalized spacial score (nSPS) is 13.5. The van der Waals surface area contributed by atoms with Crippen LogP contribution < -0.4 is 5.32 Å². The highest BCUT2D eigenvalue weighted by atomic mass is 32.2. The third-order valence-corrected chi connectivity index (χ3v) is 4.97. The minimum Gasteiger partial charge on any atom is -0.354 e. The van der Waals surface area contributed by atoms with E-state index in [4.69, 9.17) is 0 Å². The van der Waals surface area contributed by atoms with Crippen LogP contribution in [0.15, 0.2) is 17.3 Å². The molecule has 0 bridgehead atoms. The lowest BCUT2D eigenvalue weighted by Gasteiger charge is -2.22. The summed E-state index contributed by atoms with van der Waals surface area (Å²) < 4.78 is 25.9. The van der Waals surface area contributed by atoms with Gasteiger partial charge in [-0.25, -0.2) is 18.4 Å². The fraction of sp³-hybridized carbons (Fsp3) is 0.667. The first-order valence-corrected chi connectivity index (χ1v) is 7.91. The fourth-order valence-corrected chi connectivity index (χ4v) is 2.76. The Labute approximate surface area is 115 Å². The van der Waals surface area contributed by atoms with E-state index in [-0.39, 0.29) is 10.9 Å². The van der Waals surface area contributed by atoms with Crippen molar-refractivity contribution in [3.63, 3.8) is 0 Å². The van der Waals surface area contributed by atoms with E-state index in [0.717, 1.165) is 19.4 Å². The molecule has 108 valence electrons. The van der Waals surface area contributed by atoms with Crippen molar-refractivity contribution in [1.29, 1.82) is 0 Å². The van der Waals surface area contributed by atoms with Gasteiger partial charge in [-0.2, -0.15) is 4.31 Å². The van der Waals surface area contributed by atoms with Crippen LogP contribution in [0.25, 0.3) is 0 Å². The number of sulfonamides is 1. The van der Waals surface area contributed by atoms with Crippen LogP contribution in [0, 0.1) is 0 Å². The highest BCUT2D eigenvalue weighted by molar-refractivity contribution is 7.89. The van der Waals surface area contributed by atoms with E-state index in [1.807, 2.05) is 20.8 Å². The quantitative estimate of drug-likeness (QED) is 0.826. The van der Waals surface area contributed by atoms with Crippen LogP contribution in [0.3, 0.4) is 0 Å². The average molecular weight is 286 g/mol. The Morgan fingerprint density at radius 2 is 1.89 bits per heavy atom. The highest BCUT2D eigenvalue weighted by Crippen LogP contribution is 2.16. The lowest BCUT2D eigenvalue weighted by molar-refractivity contribution is 0.380.